The van der Waals surface area contributed by atoms with Crippen LogP contribution in [0.25, 0.3) is 10.8 Å². The van der Waals surface area contributed by atoms with Crippen LogP contribution in [-0.2, 0) is 10.1 Å². The molecule has 3 rings (SSSR count). The van der Waals surface area contributed by atoms with Crippen molar-refractivity contribution in [1.29, 1.82) is 0 Å². The van der Waals surface area contributed by atoms with Crippen molar-refractivity contribution in [3.05, 3.63) is 64.2 Å². The van der Waals surface area contributed by atoms with Crippen molar-refractivity contribution in [3.63, 3.8) is 0 Å². The Morgan fingerprint density at radius 2 is 1.78 bits per heavy atom. The molecule has 0 fully saturated rings. The molecular formula is C17H13N3O6S. The van der Waals surface area contributed by atoms with Crippen LogP contribution in [0.5, 0.6) is 5.75 Å². The van der Waals surface area contributed by atoms with E-state index in [9.17, 15) is 28.2 Å². The van der Waals surface area contributed by atoms with Gasteiger partial charge in [0.2, 0.25) is 0 Å². The zero-order valence-corrected chi connectivity index (χ0v) is 14.7. The molecule has 0 spiro atoms. The van der Waals surface area contributed by atoms with Gasteiger partial charge in [0.15, 0.2) is 5.75 Å². The quantitative estimate of drug-likeness (QED) is 0.293. The minimum absolute atomic E-state index is 0.104. The fraction of sp³-hybridized carbons (Fsp3) is 0.0588. The highest BCUT2D eigenvalue weighted by Crippen LogP contribution is 2.41. The number of phenols is 1. The van der Waals surface area contributed by atoms with Gasteiger partial charge in [-0.25, -0.2) is 0 Å². The van der Waals surface area contributed by atoms with Crippen molar-refractivity contribution >= 4 is 38.0 Å². The molecule has 0 aromatic heterocycles. The van der Waals surface area contributed by atoms with Crippen LogP contribution in [0.1, 0.15) is 5.56 Å². The van der Waals surface area contributed by atoms with Gasteiger partial charge in [-0.15, -0.1) is 5.11 Å². The lowest BCUT2D eigenvalue weighted by Gasteiger charge is -2.08. The first-order chi connectivity index (χ1) is 12.7. The summed E-state index contributed by atoms with van der Waals surface area (Å²) in [6, 6.07) is 11.6. The molecule has 0 aliphatic carbocycles. The predicted octanol–water partition coefficient (Wildman–Crippen LogP) is 4.42. The number of nitro benzene ring substituents is 1. The molecule has 27 heavy (non-hydrogen) atoms. The lowest BCUT2D eigenvalue weighted by Crippen LogP contribution is -1.98. The molecule has 0 saturated heterocycles. The number of fused-ring (bicyclic) bond motifs is 1. The van der Waals surface area contributed by atoms with Crippen LogP contribution in [-0.4, -0.2) is 23.0 Å². The summed E-state index contributed by atoms with van der Waals surface area (Å²) in [6.07, 6.45) is 0. The molecule has 10 heteroatoms. The number of nitrogens with zero attached hydrogens (tertiary/aromatic N) is 3. The number of aromatic hydroxyl groups is 1. The number of non-ortho nitro benzene ring substituents is 1. The number of rotatable bonds is 4. The molecule has 0 heterocycles. The van der Waals surface area contributed by atoms with Gasteiger partial charge in [0.25, 0.3) is 15.8 Å². The molecule has 3 aromatic rings. The topological polar surface area (TPSA) is 142 Å². The Balaban J connectivity index is 2.18. The fourth-order valence-corrected chi connectivity index (χ4v) is 3.18. The average Bonchev–Trinajstić information content (AvgIpc) is 2.60. The Bertz CT molecular complexity index is 1200. The summed E-state index contributed by atoms with van der Waals surface area (Å²) < 4.78 is 32.4. The maximum atomic E-state index is 11.5. The number of hydrogen-bond donors (Lipinski definition) is 2. The van der Waals surface area contributed by atoms with Crippen molar-refractivity contribution in [2.24, 2.45) is 10.2 Å². The van der Waals surface area contributed by atoms with E-state index in [1.165, 1.54) is 18.2 Å². The molecule has 0 radical (unpaired) electrons. The molecule has 0 unspecified atom stereocenters. The normalized spacial score (nSPS) is 11.9. The lowest BCUT2D eigenvalue weighted by atomic mass is 10.1. The van der Waals surface area contributed by atoms with E-state index in [1.54, 1.807) is 31.2 Å². The third-order valence-electron chi connectivity index (χ3n) is 3.89. The second kappa shape index (κ2) is 6.74. The van der Waals surface area contributed by atoms with Crippen molar-refractivity contribution in [2.45, 2.75) is 11.8 Å². The van der Waals surface area contributed by atoms with E-state index in [1.807, 2.05) is 0 Å². The number of nitro groups is 1. The summed E-state index contributed by atoms with van der Waals surface area (Å²) in [5.41, 5.74) is 0.538. The molecular weight excluding hydrogens is 374 g/mol. The first-order valence-corrected chi connectivity index (χ1v) is 9.01. The van der Waals surface area contributed by atoms with Crippen LogP contribution >= 0.6 is 0 Å². The number of hydrogen-bond acceptors (Lipinski definition) is 7. The molecule has 0 atom stereocenters. The highest BCUT2D eigenvalue weighted by atomic mass is 32.2. The minimum atomic E-state index is -4.68. The van der Waals surface area contributed by atoms with Crippen LogP contribution in [0.2, 0.25) is 0 Å². The van der Waals surface area contributed by atoms with E-state index in [0.717, 1.165) is 6.07 Å². The van der Waals surface area contributed by atoms with Gasteiger partial charge in [0.1, 0.15) is 10.6 Å². The van der Waals surface area contributed by atoms with Crippen LogP contribution < -0.4 is 0 Å². The lowest BCUT2D eigenvalue weighted by molar-refractivity contribution is -0.384. The fourth-order valence-electron chi connectivity index (χ4n) is 2.56. The summed E-state index contributed by atoms with van der Waals surface area (Å²) in [5.74, 6) is -0.737. The summed E-state index contributed by atoms with van der Waals surface area (Å²) in [5, 5.41) is 29.9. The Hall–Kier alpha value is -3.37. The van der Waals surface area contributed by atoms with Gasteiger partial charge in [0, 0.05) is 17.5 Å². The molecule has 0 saturated carbocycles. The molecule has 0 aliphatic heterocycles. The Morgan fingerprint density at radius 3 is 2.41 bits per heavy atom. The molecule has 3 aromatic carbocycles. The van der Waals surface area contributed by atoms with Crippen molar-refractivity contribution in [2.75, 3.05) is 0 Å². The van der Waals surface area contributed by atoms with Gasteiger partial charge in [-0.1, -0.05) is 24.3 Å². The van der Waals surface area contributed by atoms with E-state index in [-0.39, 0.29) is 11.4 Å². The van der Waals surface area contributed by atoms with Crippen LogP contribution in [0.3, 0.4) is 0 Å². The predicted molar refractivity (Wildman–Crippen MR) is 97.4 cm³/mol. The standard InChI is InChI=1S/C17H13N3O6S/c1-10-8-12(20(22)23)6-7-14(10)18-19-16-13-5-3-2-4-11(13)9-15(17(16)21)27(24,25)26/h2-9,21H,1H3,(H,24,25,26). The first kappa shape index (κ1) is 18.4. The maximum absolute atomic E-state index is 11.5. The van der Waals surface area contributed by atoms with Gasteiger partial charge >= 0.3 is 0 Å². The monoisotopic (exact) mass is 387 g/mol. The molecule has 0 amide bonds. The highest BCUT2D eigenvalue weighted by molar-refractivity contribution is 7.86. The number of benzene rings is 3. The molecule has 2 N–H and O–H groups in total. The maximum Gasteiger partial charge on any atom is 0.298 e. The van der Waals surface area contributed by atoms with Gasteiger partial charge in [-0.2, -0.15) is 13.5 Å². The third-order valence-corrected chi connectivity index (χ3v) is 4.75. The van der Waals surface area contributed by atoms with E-state index < -0.39 is 25.7 Å². The second-order valence-electron chi connectivity index (χ2n) is 5.70. The number of aryl methyl sites for hydroxylation is 1. The number of azo groups is 1. The zero-order chi connectivity index (χ0) is 19.8. The summed E-state index contributed by atoms with van der Waals surface area (Å²) in [4.78, 5) is 9.58. The van der Waals surface area contributed by atoms with Gasteiger partial charge < -0.3 is 5.11 Å². The molecule has 9 nitrogen and oxygen atoms in total. The van der Waals surface area contributed by atoms with Gasteiger partial charge in [0.05, 0.1) is 10.6 Å². The van der Waals surface area contributed by atoms with Crippen LogP contribution in [0, 0.1) is 17.0 Å². The largest absolute Gasteiger partial charge is 0.504 e. The van der Waals surface area contributed by atoms with Gasteiger partial charge in [-0.05, 0) is 30.0 Å². The van der Waals surface area contributed by atoms with Crippen molar-refractivity contribution < 1.29 is 23.0 Å². The number of phenolic OH excluding ortho intramolecular Hbond substituents is 1. The van der Waals surface area contributed by atoms with E-state index in [0.29, 0.717) is 22.0 Å². The Kier molecular flexibility index (Phi) is 4.60. The van der Waals surface area contributed by atoms with Crippen LogP contribution in [0.4, 0.5) is 17.1 Å². The Morgan fingerprint density at radius 1 is 1.07 bits per heavy atom. The highest BCUT2D eigenvalue weighted by Gasteiger charge is 2.21. The van der Waals surface area contributed by atoms with Gasteiger partial charge in [-0.3, -0.25) is 14.7 Å². The molecule has 0 aliphatic rings. The van der Waals surface area contributed by atoms with Crippen molar-refractivity contribution in [1.82, 2.24) is 0 Å². The summed E-state index contributed by atoms with van der Waals surface area (Å²) in [7, 11) is -4.68. The van der Waals surface area contributed by atoms with Crippen molar-refractivity contribution in [3.8, 4) is 5.75 Å². The van der Waals surface area contributed by atoms with E-state index in [4.69, 9.17) is 0 Å². The smallest absolute Gasteiger partial charge is 0.298 e. The molecule has 138 valence electrons. The van der Waals surface area contributed by atoms with E-state index >= 15 is 0 Å². The minimum Gasteiger partial charge on any atom is -0.504 e. The molecule has 0 bridgehead atoms. The van der Waals surface area contributed by atoms with E-state index in [2.05, 4.69) is 10.2 Å². The average molecular weight is 387 g/mol. The SMILES string of the molecule is Cc1cc([N+](=O)[O-])ccc1N=Nc1c(O)c(S(=O)(=O)O)cc2ccccc12. The zero-order valence-electron chi connectivity index (χ0n) is 13.9. The first-order valence-electron chi connectivity index (χ1n) is 7.57. The second-order valence-corrected chi connectivity index (χ2v) is 7.09. The third kappa shape index (κ3) is 3.61. The summed E-state index contributed by atoms with van der Waals surface area (Å²) >= 11 is 0. The summed E-state index contributed by atoms with van der Waals surface area (Å²) in [6.45, 7) is 1.61. The van der Waals surface area contributed by atoms with Crippen LogP contribution in [0.15, 0.2) is 63.7 Å². The Labute approximate surface area is 153 Å².